The van der Waals surface area contributed by atoms with Crippen molar-refractivity contribution in [2.75, 3.05) is 26.3 Å². The first-order valence-corrected chi connectivity index (χ1v) is 13.9. The fraction of sp³-hybridized carbons (Fsp3) is 0.519. The van der Waals surface area contributed by atoms with Crippen molar-refractivity contribution in [1.29, 1.82) is 0 Å². The third-order valence-corrected chi connectivity index (χ3v) is 9.91. The minimum Gasteiger partial charge on any atom is -0.465 e. The molecule has 2 saturated heterocycles. The van der Waals surface area contributed by atoms with E-state index in [2.05, 4.69) is 16.4 Å². The lowest BCUT2D eigenvalue weighted by atomic mass is 9.74. The summed E-state index contributed by atoms with van der Waals surface area (Å²) >= 11 is 1.52. The van der Waals surface area contributed by atoms with Gasteiger partial charge in [0.1, 0.15) is 18.2 Å². The number of likely N-dealkylation sites (tertiary alicyclic amines) is 1. The number of ether oxygens (including phenoxy) is 1. The van der Waals surface area contributed by atoms with E-state index in [-0.39, 0.29) is 37.6 Å². The Kier molecular flexibility index (Phi) is 6.30. The van der Waals surface area contributed by atoms with E-state index in [4.69, 9.17) is 4.74 Å². The molecule has 0 radical (unpaired) electrons. The van der Waals surface area contributed by atoms with Crippen LogP contribution in [0.5, 0.6) is 0 Å². The van der Waals surface area contributed by atoms with Crippen molar-refractivity contribution in [1.82, 2.24) is 24.8 Å². The number of benzene rings is 1. The molecule has 38 heavy (non-hydrogen) atoms. The second kappa shape index (κ2) is 9.53. The largest absolute Gasteiger partial charge is 0.465 e. The molecule has 2 aromatic rings. The molecule has 1 N–H and O–H groups in total. The summed E-state index contributed by atoms with van der Waals surface area (Å²) < 4.78 is 5.68. The van der Waals surface area contributed by atoms with Crippen LogP contribution in [0.3, 0.4) is 0 Å². The zero-order valence-corrected chi connectivity index (χ0v) is 22.0. The van der Waals surface area contributed by atoms with Gasteiger partial charge in [0.15, 0.2) is 0 Å². The van der Waals surface area contributed by atoms with Gasteiger partial charge in [-0.3, -0.25) is 14.4 Å². The predicted octanol–water partition coefficient (Wildman–Crippen LogP) is 1.75. The first kappa shape index (κ1) is 25.1. The van der Waals surface area contributed by atoms with E-state index in [1.807, 2.05) is 49.4 Å². The number of para-hydroxylation sites is 1. The van der Waals surface area contributed by atoms with Gasteiger partial charge in [-0.1, -0.05) is 41.7 Å². The molecule has 11 heteroatoms. The highest BCUT2D eigenvalue weighted by molar-refractivity contribution is 8.02. The maximum absolute atomic E-state index is 14.3. The lowest BCUT2D eigenvalue weighted by Gasteiger charge is -2.36. The van der Waals surface area contributed by atoms with Gasteiger partial charge in [-0.25, -0.2) is 4.68 Å². The Morgan fingerprint density at radius 2 is 1.97 bits per heavy atom. The maximum atomic E-state index is 14.3. The van der Waals surface area contributed by atoms with E-state index in [0.29, 0.717) is 19.6 Å². The lowest BCUT2D eigenvalue weighted by molar-refractivity contribution is -0.154. The van der Waals surface area contributed by atoms with Gasteiger partial charge in [-0.15, -0.1) is 16.9 Å². The van der Waals surface area contributed by atoms with Crippen molar-refractivity contribution in [3.63, 3.8) is 0 Å². The Hall–Kier alpha value is -3.18. The number of allylic oxidation sites excluding steroid dienone is 1. The number of nitrogens with zero attached hydrogens (tertiary/aromatic N) is 5. The smallest absolute Gasteiger partial charge is 0.311 e. The number of esters is 1. The van der Waals surface area contributed by atoms with Crippen molar-refractivity contribution < 1.29 is 24.2 Å². The highest BCUT2D eigenvalue weighted by atomic mass is 32.2. The maximum Gasteiger partial charge on any atom is 0.311 e. The van der Waals surface area contributed by atoms with E-state index in [0.717, 1.165) is 23.9 Å². The highest BCUT2D eigenvalue weighted by Crippen LogP contribution is 2.65. The number of carbonyl (C=O) groups is 3. The van der Waals surface area contributed by atoms with E-state index >= 15 is 0 Å². The van der Waals surface area contributed by atoms with Gasteiger partial charge < -0.3 is 19.6 Å². The number of hydrogen-bond donors (Lipinski definition) is 1. The van der Waals surface area contributed by atoms with Gasteiger partial charge in [-0.05, 0) is 38.3 Å². The van der Waals surface area contributed by atoms with E-state index in [1.54, 1.807) is 14.5 Å². The van der Waals surface area contributed by atoms with Crippen LogP contribution >= 0.6 is 11.8 Å². The SMILES string of the molecule is C[C@]12/C=C\CCCOC(=O)[C@H]1[C@H]1C(=O)N(CCCO)C3C(=O)N(Cn4nnc5ccccc54)CC=C[C@@]31S2. The van der Waals surface area contributed by atoms with Gasteiger partial charge >= 0.3 is 5.97 Å². The molecule has 4 aliphatic heterocycles. The molecule has 0 aliphatic carbocycles. The minimum absolute atomic E-state index is 0.105. The number of thioether (sulfide) groups is 1. The summed E-state index contributed by atoms with van der Waals surface area (Å²) in [4.78, 5) is 45.2. The third-order valence-electron chi connectivity index (χ3n) is 8.12. The normalized spacial score (nSPS) is 33.7. The molecule has 0 bridgehead atoms. The molecule has 2 amide bonds. The number of aliphatic hydroxyl groups is 1. The van der Waals surface area contributed by atoms with Crippen LogP contribution in [-0.2, 0) is 25.8 Å². The van der Waals surface area contributed by atoms with Crippen LogP contribution in [0, 0.1) is 11.8 Å². The van der Waals surface area contributed by atoms with E-state index in [9.17, 15) is 19.5 Å². The third kappa shape index (κ3) is 3.78. The quantitative estimate of drug-likeness (QED) is 0.453. The van der Waals surface area contributed by atoms with Crippen molar-refractivity contribution in [3.05, 3.63) is 48.6 Å². The second-order valence-electron chi connectivity index (χ2n) is 10.5. The summed E-state index contributed by atoms with van der Waals surface area (Å²) in [7, 11) is 0. The summed E-state index contributed by atoms with van der Waals surface area (Å²) in [5, 5.41) is 18.0. The standard InChI is InChI=1S/C27H31N5O5S/c1-26-11-5-2-6-16-37-25(36)21(26)20-23(34)31(14-8-15-33)22-24(35)30(13-7-12-27(20,22)38-26)17-32-19-10-4-3-9-18(19)28-29-32/h3-5,7,9-12,20-22,33H,2,6,8,13-17H2,1H3/b11-5-/t20-,21+,22?,26-,27-/m0/s1. The fourth-order valence-corrected chi connectivity index (χ4v) is 8.63. The number of hydrogen-bond acceptors (Lipinski definition) is 8. The molecule has 1 aromatic carbocycles. The molecule has 1 aromatic heterocycles. The number of fused-ring (bicyclic) bond motifs is 3. The van der Waals surface area contributed by atoms with Crippen molar-refractivity contribution in [2.24, 2.45) is 11.8 Å². The molecule has 10 nitrogen and oxygen atoms in total. The van der Waals surface area contributed by atoms with Gasteiger partial charge in [0, 0.05) is 24.4 Å². The summed E-state index contributed by atoms with van der Waals surface area (Å²) in [5.41, 5.74) is 1.55. The van der Waals surface area contributed by atoms with Crippen LogP contribution in [0.4, 0.5) is 0 Å². The molecule has 1 unspecified atom stereocenters. The molecule has 2 fully saturated rings. The van der Waals surface area contributed by atoms with Crippen LogP contribution in [0.25, 0.3) is 11.0 Å². The average molecular weight is 538 g/mol. The Balaban J connectivity index is 1.42. The van der Waals surface area contributed by atoms with Gasteiger partial charge in [0.2, 0.25) is 11.8 Å². The summed E-state index contributed by atoms with van der Waals surface area (Å²) in [6.45, 7) is 2.92. The zero-order chi connectivity index (χ0) is 26.5. The van der Waals surface area contributed by atoms with Crippen LogP contribution in [0.15, 0.2) is 48.6 Å². The number of cyclic esters (lactones) is 1. The van der Waals surface area contributed by atoms with Crippen LogP contribution in [0.2, 0.25) is 0 Å². The number of aliphatic hydroxyl groups excluding tert-OH is 1. The molecule has 200 valence electrons. The molecule has 5 atom stereocenters. The van der Waals surface area contributed by atoms with Crippen LogP contribution in [-0.4, -0.2) is 89.5 Å². The molecule has 0 saturated carbocycles. The molecule has 6 rings (SSSR count). The monoisotopic (exact) mass is 537 g/mol. The van der Waals surface area contributed by atoms with Gasteiger partial charge in [0.25, 0.3) is 0 Å². The first-order valence-electron chi connectivity index (χ1n) is 13.1. The summed E-state index contributed by atoms with van der Waals surface area (Å²) in [6.07, 6.45) is 9.86. The van der Waals surface area contributed by atoms with Crippen molar-refractivity contribution >= 4 is 40.6 Å². The highest BCUT2D eigenvalue weighted by Gasteiger charge is 2.73. The van der Waals surface area contributed by atoms with Crippen LogP contribution < -0.4 is 0 Å². The lowest BCUT2D eigenvalue weighted by Crippen LogP contribution is -2.53. The summed E-state index contributed by atoms with van der Waals surface area (Å²) in [5.74, 6) is -2.30. The molecule has 4 aliphatic rings. The number of aromatic nitrogens is 3. The van der Waals surface area contributed by atoms with E-state index in [1.165, 1.54) is 11.8 Å². The Morgan fingerprint density at radius 3 is 2.82 bits per heavy atom. The summed E-state index contributed by atoms with van der Waals surface area (Å²) in [6, 6.07) is 6.74. The van der Waals surface area contributed by atoms with Crippen molar-refractivity contribution in [3.8, 4) is 0 Å². The molecular weight excluding hydrogens is 506 g/mol. The van der Waals surface area contributed by atoms with Crippen LogP contribution in [0.1, 0.15) is 26.2 Å². The number of rotatable bonds is 5. The Morgan fingerprint density at radius 1 is 1.13 bits per heavy atom. The topological polar surface area (TPSA) is 118 Å². The number of carbonyl (C=O) groups excluding carboxylic acids is 3. The molecule has 5 heterocycles. The predicted molar refractivity (Wildman–Crippen MR) is 141 cm³/mol. The molecular formula is C27H31N5O5S. The van der Waals surface area contributed by atoms with Gasteiger partial charge in [-0.2, -0.15) is 0 Å². The van der Waals surface area contributed by atoms with E-state index < -0.39 is 27.4 Å². The fourth-order valence-electron chi connectivity index (χ4n) is 6.47. The minimum atomic E-state index is -0.940. The Bertz CT molecular complexity index is 1340. The Labute approximate surface area is 224 Å². The second-order valence-corrected chi connectivity index (χ2v) is 12.3. The average Bonchev–Trinajstić information content (AvgIpc) is 3.47. The van der Waals surface area contributed by atoms with Crippen molar-refractivity contribution in [2.45, 2.75) is 48.4 Å². The number of amides is 2. The van der Waals surface area contributed by atoms with Gasteiger partial charge in [0.05, 0.1) is 28.7 Å². The molecule has 1 spiro atoms. The first-order chi connectivity index (χ1) is 18.4. The zero-order valence-electron chi connectivity index (χ0n) is 21.2.